The molecule has 0 bridgehead atoms. The van der Waals surface area contributed by atoms with Crippen LogP contribution in [0.3, 0.4) is 0 Å². The number of rotatable bonds is 10. The summed E-state index contributed by atoms with van der Waals surface area (Å²) in [5.41, 5.74) is 5.20. The first kappa shape index (κ1) is 39.5. The molecule has 37 heavy (non-hydrogen) atoms. The van der Waals surface area contributed by atoms with Crippen molar-refractivity contribution in [1.29, 1.82) is 0 Å². The Morgan fingerprint density at radius 1 is 0.757 bits per heavy atom. The van der Waals surface area contributed by atoms with Gasteiger partial charge in [-0.2, -0.15) is 42.7 Å². The minimum Gasteiger partial charge on any atom is -0.330 e. The molecule has 0 aromatic heterocycles. The van der Waals surface area contributed by atoms with Crippen LogP contribution in [0.25, 0.3) is 0 Å². The van der Waals surface area contributed by atoms with Crippen molar-refractivity contribution in [3.05, 3.63) is 60.7 Å². The van der Waals surface area contributed by atoms with Gasteiger partial charge in [0, 0.05) is 17.2 Å². The van der Waals surface area contributed by atoms with Gasteiger partial charge in [-0.05, 0) is 67.7 Å². The van der Waals surface area contributed by atoms with E-state index < -0.39 is 19.1 Å². The summed E-state index contributed by atoms with van der Waals surface area (Å²) >= 11 is 3.56. The maximum atomic E-state index is 11.7. The van der Waals surface area contributed by atoms with Gasteiger partial charge in [0.25, 0.3) is 9.05 Å². The summed E-state index contributed by atoms with van der Waals surface area (Å²) in [6.45, 7) is 1.33. The molecule has 0 saturated heterocycles. The van der Waals surface area contributed by atoms with Gasteiger partial charge in [-0.25, -0.2) is 21.6 Å². The third kappa shape index (κ3) is 26.9. The number of halogens is 1. The quantitative estimate of drug-likeness (QED) is 0.297. The summed E-state index contributed by atoms with van der Waals surface area (Å²) in [5, 5.41) is 0. The van der Waals surface area contributed by atoms with E-state index in [0.29, 0.717) is 11.4 Å². The highest BCUT2D eigenvalue weighted by atomic mass is 35.7. The number of benzene rings is 2. The van der Waals surface area contributed by atoms with E-state index in [2.05, 4.69) is 11.0 Å². The van der Waals surface area contributed by atoms with Crippen LogP contribution < -0.4 is 10.5 Å². The van der Waals surface area contributed by atoms with Crippen molar-refractivity contribution in [1.82, 2.24) is 4.72 Å². The number of thioether (sulfide) groups is 2. The molecule has 10 nitrogen and oxygen atoms in total. The Bertz CT molecular complexity index is 1060. The third-order valence-electron chi connectivity index (χ3n) is 3.45. The Morgan fingerprint density at radius 2 is 1.14 bits per heavy atom. The van der Waals surface area contributed by atoms with Gasteiger partial charge in [0.1, 0.15) is 0 Å². The number of carbonyl (C=O) groups excluding carboxylic acids is 4. The predicted octanol–water partition coefficient (Wildman–Crippen LogP) is 2.86. The van der Waals surface area contributed by atoms with Crippen LogP contribution in [0.1, 0.15) is 12.8 Å². The van der Waals surface area contributed by atoms with Crippen molar-refractivity contribution in [3.63, 3.8) is 0 Å². The van der Waals surface area contributed by atoms with E-state index >= 15 is 0 Å². The van der Waals surface area contributed by atoms with E-state index in [9.17, 15) is 16.8 Å². The zero-order chi connectivity index (χ0) is 29.0. The van der Waals surface area contributed by atoms with Crippen LogP contribution >= 0.6 is 34.2 Å². The third-order valence-corrected chi connectivity index (χ3v) is 7.69. The molecule has 0 unspecified atom stereocenters. The summed E-state index contributed by atoms with van der Waals surface area (Å²) in [5.74, 6) is 2.17. The molecular weight excluding hydrogens is 584 g/mol. The van der Waals surface area contributed by atoms with Crippen molar-refractivity contribution >= 4 is 65.6 Å². The van der Waals surface area contributed by atoms with Crippen LogP contribution in [0, 0.1) is 0 Å². The molecule has 0 saturated carbocycles. The Kier molecular flexibility index (Phi) is 28.9. The van der Waals surface area contributed by atoms with E-state index in [1.165, 1.54) is 17.9 Å². The van der Waals surface area contributed by atoms with E-state index in [4.69, 9.17) is 35.6 Å². The van der Waals surface area contributed by atoms with Gasteiger partial charge in [0.15, 0.2) is 0 Å². The normalized spacial score (nSPS) is 9.62. The van der Waals surface area contributed by atoms with E-state index in [1.807, 2.05) is 18.0 Å². The Hall–Kier alpha value is -1.99. The fourth-order valence-corrected chi connectivity index (χ4v) is 4.69. The lowest BCUT2D eigenvalue weighted by atomic mass is 10.4. The summed E-state index contributed by atoms with van der Waals surface area (Å²) in [6, 6.07) is 16.3. The topological polar surface area (TPSA) is 175 Å². The fraction of sp³-hybridized carbons (Fsp3) is 0.364. The molecule has 208 valence electrons. The highest BCUT2D eigenvalue weighted by Gasteiger charge is 2.11. The zero-order valence-electron chi connectivity index (χ0n) is 20.4. The van der Waals surface area contributed by atoms with E-state index in [-0.39, 0.29) is 17.2 Å². The van der Waals surface area contributed by atoms with Crippen LogP contribution in [-0.4, -0.2) is 66.2 Å². The predicted molar refractivity (Wildman–Crippen MR) is 146 cm³/mol. The Labute approximate surface area is 231 Å². The Morgan fingerprint density at radius 3 is 1.43 bits per heavy atom. The summed E-state index contributed by atoms with van der Waals surface area (Å²) in [4.78, 5) is 33.0. The lowest BCUT2D eigenvalue weighted by molar-refractivity contribution is -0.193. The maximum Gasteiger partial charge on any atom is 0.373 e. The Balaban J connectivity index is -0.000000453. The SMILES string of the molecule is CSCCCN.CSCCCNS(=O)(=O)c1ccccc1.O=C=O.O=C=O.O=S(=O)(Cl)c1ccccc1. The van der Waals surface area contributed by atoms with Gasteiger partial charge in [0.2, 0.25) is 10.0 Å². The number of hydrogen-bond donors (Lipinski definition) is 2. The molecule has 2 aromatic rings. The van der Waals surface area contributed by atoms with Crippen LogP contribution in [0.2, 0.25) is 0 Å². The molecule has 15 heteroatoms. The highest BCUT2D eigenvalue weighted by molar-refractivity contribution is 8.13. The minimum absolute atomic E-state index is 0.136. The van der Waals surface area contributed by atoms with Gasteiger partial charge >= 0.3 is 12.3 Å². The number of nitrogens with two attached hydrogens (primary N) is 1. The molecule has 0 heterocycles. The second kappa shape index (κ2) is 27.1. The largest absolute Gasteiger partial charge is 0.373 e. The van der Waals surface area contributed by atoms with Gasteiger partial charge < -0.3 is 5.73 Å². The van der Waals surface area contributed by atoms with E-state index in [0.717, 1.165) is 25.1 Å². The van der Waals surface area contributed by atoms with Gasteiger partial charge in [-0.1, -0.05) is 36.4 Å². The average Bonchev–Trinajstić information content (AvgIpc) is 2.88. The molecule has 0 radical (unpaired) electrons. The van der Waals surface area contributed by atoms with Crippen LogP contribution in [0.5, 0.6) is 0 Å². The molecule has 0 fully saturated rings. The minimum atomic E-state index is -3.53. The summed E-state index contributed by atoms with van der Waals surface area (Å²) < 4.78 is 47.1. The molecule has 0 aliphatic rings. The first-order valence-electron chi connectivity index (χ1n) is 10.2. The number of hydrogen-bond acceptors (Lipinski definition) is 11. The van der Waals surface area contributed by atoms with Crippen molar-refractivity contribution in [2.24, 2.45) is 5.73 Å². The first-order valence-corrected chi connectivity index (χ1v) is 16.8. The smallest absolute Gasteiger partial charge is 0.330 e. The zero-order valence-corrected chi connectivity index (χ0v) is 24.4. The lowest BCUT2D eigenvalue weighted by Crippen LogP contribution is -2.25. The van der Waals surface area contributed by atoms with Crippen LogP contribution in [0.4, 0.5) is 0 Å². The second-order valence-corrected chi connectivity index (χ2v) is 12.4. The standard InChI is InChI=1S/C10H15NO2S2.C6H5ClO2S.C4H11NS.2CO2/c1-14-9-5-8-11-15(12,13)10-6-3-2-4-7-10;7-10(8,9)6-4-2-1-3-5-6;1-6-4-2-3-5;2*2-1-3/h2-4,6-7,11H,5,8-9H2,1H3;1-5H;2-5H2,1H3;;. The fourth-order valence-electron chi connectivity index (χ4n) is 1.92. The summed E-state index contributed by atoms with van der Waals surface area (Å²) in [7, 11) is -1.80. The maximum absolute atomic E-state index is 11.7. The monoisotopic (exact) mass is 614 g/mol. The van der Waals surface area contributed by atoms with Crippen molar-refractivity contribution in [2.75, 3.05) is 37.1 Å². The molecular formula is C22H31ClN2O8S4. The average molecular weight is 615 g/mol. The molecule has 2 rings (SSSR count). The number of nitrogens with one attached hydrogen (secondary N) is 1. The number of sulfonamides is 1. The molecule has 3 N–H and O–H groups in total. The molecule has 0 amide bonds. The van der Waals surface area contributed by atoms with Gasteiger partial charge in [0.05, 0.1) is 9.79 Å². The molecule has 0 aliphatic heterocycles. The van der Waals surface area contributed by atoms with Crippen LogP contribution in [0.15, 0.2) is 70.5 Å². The molecule has 0 spiro atoms. The van der Waals surface area contributed by atoms with Gasteiger partial charge in [-0.15, -0.1) is 0 Å². The molecule has 0 aliphatic carbocycles. The lowest BCUT2D eigenvalue weighted by Gasteiger charge is -2.05. The second-order valence-electron chi connectivity index (χ2n) is 6.11. The first-order chi connectivity index (χ1) is 17.5. The van der Waals surface area contributed by atoms with Crippen LogP contribution in [-0.2, 0) is 38.3 Å². The molecule has 0 atom stereocenters. The van der Waals surface area contributed by atoms with Crippen molar-refractivity contribution in [3.8, 4) is 0 Å². The van der Waals surface area contributed by atoms with Crippen molar-refractivity contribution < 1.29 is 36.0 Å². The highest BCUT2D eigenvalue weighted by Crippen LogP contribution is 2.12. The van der Waals surface area contributed by atoms with E-state index in [1.54, 1.807) is 60.3 Å². The molecule has 2 aromatic carbocycles. The summed E-state index contributed by atoms with van der Waals surface area (Å²) in [6.07, 6.45) is 6.61. The van der Waals surface area contributed by atoms with Crippen molar-refractivity contribution in [2.45, 2.75) is 22.6 Å². The van der Waals surface area contributed by atoms with Gasteiger partial charge in [-0.3, -0.25) is 0 Å².